The Morgan fingerprint density at radius 3 is 2.84 bits per heavy atom. The Morgan fingerprint density at radius 2 is 2.16 bits per heavy atom. The van der Waals surface area contributed by atoms with Crippen LogP contribution in [0.5, 0.6) is 5.75 Å². The van der Waals surface area contributed by atoms with E-state index < -0.39 is 0 Å². The topological polar surface area (TPSA) is 34.4 Å². The monoisotopic (exact) mass is 283 g/mol. The van der Waals surface area contributed by atoms with Crippen molar-refractivity contribution in [2.24, 2.45) is 0 Å². The maximum absolute atomic E-state index is 12.9. The van der Waals surface area contributed by atoms with Crippen LogP contribution in [0.15, 0.2) is 28.7 Å². The van der Waals surface area contributed by atoms with E-state index in [1.807, 2.05) is 20.0 Å². The van der Waals surface area contributed by atoms with Gasteiger partial charge in [0.05, 0.1) is 5.02 Å². The minimum Gasteiger partial charge on any atom is -0.484 e. The van der Waals surface area contributed by atoms with Gasteiger partial charge in [0.15, 0.2) is 0 Å². The molecule has 0 saturated carbocycles. The van der Waals surface area contributed by atoms with Gasteiger partial charge in [-0.2, -0.15) is 0 Å². The van der Waals surface area contributed by atoms with Crippen LogP contribution < -0.4 is 10.1 Å². The molecule has 0 bridgehead atoms. The zero-order valence-electron chi connectivity index (χ0n) is 10.8. The van der Waals surface area contributed by atoms with E-state index in [4.69, 9.17) is 20.8 Å². The Hall–Kier alpha value is -1.52. The number of hydrogen-bond donors (Lipinski definition) is 1. The van der Waals surface area contributed by atoms with Crippen molar-refractivity contribution in [2.75, 3.05) is 7.05 Å². The summed E-state index contributed by atoms with van der Waals surface area (Å²) in [6, 6.07) is 5.96. The Bertz CT molecular complexity index is 569. The normalized spacial score (nSPS) is 10.7. The Balaban J connectivity index is 2.04. The van der Waals surface area contributed by atoms with Gasteiger partial charge in [0.25, 0.3) is 0 Å². The average molecular weight is 284 g/mol. The van der Waals surface area contributed by atoms with E-state index in [2.05, 4.69) is 5.32 Å². The van der Waals surface area contributed by atoms with Crippen LogP contribution in [0, 0.1) is 12.7 Å². The molecule has 0 fully saturated rings. The Morgan fingerprint density at radius 1 is 1.37 bits per heavy atom. The first-order chi connectivity index (χ1) is 9.10. The minimum atomic E-state index is -0.387. The first kappa shape index (κ1) is 13.9. The second kappa shape index (κ2) is 6.08. The summed E-state index contributed by atoms with van der Waals surface area (Å²) in [4.78, 5) is 0. The first-order valence-corrected chi connectivity index (χ1v) is 6.28. The summed E-state index contributed by atoms with van der Waals surface area (Å²) >= 11 is 5.88. The molecular weight excluding hydrogens is 269 g/mol. The van der Waals surface area contributed by atoms with Gasteiger partial charge in [-0.25, -0.2) is 4.39 Å². The van der Waals surface area contributed by atoms with Gasteiger partial charge in [-0.3, -0.25) is 0 Å². The fourth-order valence-corrected chi connectivity index (χ4v) is 1.99. The van der Waals surface area contributed by atoms with Crippen LogP contribution in [0.2, 0.25) is 5.02 Å². The Kier molecular flexibility index (Phi) is 4.45. The maximum atomic E-state index is 12.9. The molecule has 2 rings (SSSR count). The zero-order valence-corrected chi connectivity index (χ0v) is 11.6. The number of hydrogen-bond acceptors (Lipinski definition) is 3. The lowest BCUT2D eigenvalue weighted by atomic mass is 10.2. The molecule has 2 aromatic rings. The molecule has 0 amide bonds. The molecule has 1 aromatic heterocycles. The number of benzene rings is 1. The number of nitrogens with one attached hydrogen (secondary N) is 1. The molecule has 102 valence electrons. The van der Waals surface area contributed by atoms with Gasteiger partial charge in [0.1, 0.15) is 29.7 Å². The van der Waals surface area contributed by atoms with Gasteiger partial charge < -0.3 is 14.5 Å². The number of ether oxygens (including phenoxy) is 1. The van der Waals surface area contributed by atoms with E-state index in [0.29, 0.717) is 11.5 Å². The van der Waals surface area contributed by atoms with E-state index in [1.54, 1.807) is 0 Å². The summed E-state index contributed by atoms with van der Waals surface area (Å²) in [6.45, 7) is 2.91. The van der Waals surface area contributed by atoms with E-state index in [9.17, 15) is 4.39 Å². The molecule has 1 aromatic carbocycles. The largest absolute Gasteiger partial charge is 0.484 e. The summed E-state index contributed by atoms with van der Waals surface area (Å²) in [5.74, 6) is 1.62. The molecule has 0 aliphatic carbocycles. The average Bonchev–Trinajstić information content (AvgIpc) is 2.70. The highest BCUT2D eigenvalue weighted by atomic mass is 35.5. The van der Waals surface area contributed by atoms with Crippen molar-refractivity contribution in [3.63, 3.8) is 0 Å². The van der Waals surface area contributed by atoms with Gasteiger partial charge in [0.2, 0.25) is 0 Å². The number of furan rings is 1. The summed E-state index contributed by atoms with van der Waals surface area (Å²) in [6.07, 6.45) is 0. The molecule has 0 aliphatic heterocycles. The van der Waals surface area contributed by atoms with E-state index in [-0.39, 0.29) is 17.4 Å². The van der Waals surface area contributed by atoms with Crippen molar-refractivity contribution in [3.05, 3.63) is 52.2 Å². The third kappa shape index (κ3) is 3.49. The van der Waals surface area contributed by atoms with Crippen molar-refractivity contribution in [2.45, 2.75) is 20.1 Å². The Labute approximate surface area is 116 Å². The molecule has 0 unspecified atom stereocenters. The highest BCUT2D eigenvalue weighted by Crippen LogP contribution is 2.26. The van der Waals surface area contributed by atoms with Crippen molar-refractivity contribution < 1.29 is 13.5 Å². The quantitative estimate of drug-likeness (QED) is 0.909. The van der Waals surface area contributed by atoms with Crippen LogP contribution in [-0.2, 0) is 13.2 Å². The predicted octanol–water partition coefficient (Wildman–Crippen LogP) is 3.68. The number of aryl methyl sites for hydroxylation is 1. The molecular formula is C14H15ClFNO2. The van der Waals surface area contributed by atoms with Crippen molar-refractivity contribution >= 4 is 11.6 Å². The summed E-state index contributed by atoms with van der Waals surface area (Å²) < 4.78 is 24.0. The van der Waals surface area contributed by atoms with Crippen molar-refractivity contribution in [1.82, 2.24) is 5.32 Å². The highest BCUT2D eigenvalue weighted by molar-refractivity contribution is 6.32. The van der Waals surface area contributed by atoms with Crippen LogP contribution in [0.1, 0.15) is 17.1 Å². The van der Waals surface area contributed by atoms with Gasteiger partial charge in [-0.05, 0) is 38.2 Å². The second-order valence-corrected chi connectivity index (χ2v) is 4.60. The van der Waals surface area contributed by atoms with Crippen LogP contribution in [0.4, 0.5) is 4.39 Å². The molecule has 5 heteroatoms. The molecule has 0 saturated heterocycles. The SMILES string of the molecule is CNCc1cc(COc2ccc(F)cc2Cl)oc1C. The van der Waals surface area contributed by atoms with Crippen molar-refractivity contribution in [3.8, 4) is 5.75 Å². The zero-order chi connectivity index (χ0) is 13.8. The number of halogens is 2. The lowest BCUT2D eigenvalue weighted by Gasteiger charge is -2.05. The fraction of sp³-hybridized carbons (Fsp3) is 0.286. The molecule has 19 heavy (non-hydrogen) atoms. The predicted molar refractivity (Wildman–Crippen MR) is 72.0 cm³/mol. The van der Waals surface area contributed by atoms with Crippen LogP contribution >= 0.6 is 11.6 Å². The lowest BCUT2D eigenvalue weighted by Crippen LogP contribution is -2.04. The maximum Gasteiger partial charge on any atom is 0.146 e. The van der Waals surface area contributed by atoms with E-state index >= 15 is 0 Å². The van der Waals surface area contributed by atoms with Gasteiger partial charge in [-0.15, -0.1) is 0 Å². The summed E-state index contributed by atoms with van der Waals surface area (Å²) in [5.41, 5.74) is 1.09. The van der Waals surface area contributed by atoms with Crippen LogP contribution in [-0.4, -0.2) is 7.05 Å². The third-order valence-electron chi connectivity index (χ3n) is 2.70. The van der Waals surface area contributed by atoms with E-state index in [0.717, 1.165) is 17.9 Å². The second-order valence-electron chi connectivity index (χ2n) is 4.19. The first-order valence-electron chi connectivity index (χ1n) is 5.91. The van der Waals surface area contributed by atoms with E-state index in [1.165, 1.54) is 18.2 Å². The molecule has 1 N–H and O–H groups in total. The highest BCUT2D eigenvalue weighted by Gasteiger charge is 2.09. The standard InChI is InChI=1S/C14H15ClFNO2/c1-9-10(7-17-2)5-12(19-9)8-18-14-4-3-11(16)6-13(14)15/h3-6,17H,7-8H2,1-2H3. The molecule has 1 heterocycles. The van der Waals surface area contributed by atoms with Crippen molar-refractivity contribution in [1.29, 1.82) is 0 Å². The third-order valence-corrected chi connectivity index (χ3v) is 3.00. The molecule has 0 atom stereocenters. The minimum absolute atomic E-state index is 0.249. The summed E-state index contributed by atoms with van der Waals surface area (Å²) in [5, 5.41) is 3.31. The molecule has 0 spiro atoms. The van der Waals surface area contributed by atoms with Crippen LogP contribution in [0.3, 0.4) is 0 Å². The van der Waals surface area contributed by atoms with Gasteiger partial charge in [-0.1, -0.05) is 11.6 Å². The fourth-order valence-electron chi connectivity index (χ4n) is 1.77. The van der Waals surface area contributed by atoms with Crippen LogP contribution in [0.25, 0.3) is 0 Å². The summed E-state index contributed by atoms with van der Waals surface area (Å²) in [7, 11) is 1.88. The lowest BCUT2D eigenvalue weighted by molar-refractivity contribution is 0.267. The molecule has 3 nitrogen and oxygen atoms in total. The smallest absolute Gasteiger partial charge is 0.146 e. The van der Waals surface area contributed by atoms with Gasteiger partial charge in [0, 0.05) is 12.1 Å². The van der Waals surface area contributed by atoms with Gasteiger partial charge >= 0.3 is 0 Å². The molecule has 0 aliphatic rings. The molecule has 0 radical (unpaired) electrons. The number of rotatable bonds is 5.